The number of hydrogen-bond acceptors (Lipinski definition) is 3. The first-order chi connectivity index (χ1) is 5.97. The van der Waals surface area contributed by atoms with Crippen molar-refractivity contribution in [3.63, 3.8) is 0 Å². The summed E-state index contributed by atoms with van der Waals surface area (Å²) in [6.07, 6.45) is 7.96. The van der Waals surface area contributed by atoms with Gasteiger partial charge in [0, 0.05) is 24.5 Å². The number of thioether (sulfide) groups is 1. The van der Waals surface area contributed by atoms with E-state index in [-0.39, 0.29) is 0 Å². The van der Waals surface area contributed by atoms with Crippen molar-refractivity contribution in [3.05, 3.63) is 24.3 Å². The Morgan fingerprint density at radius 1 is 1.25 bits per heavy atom. The molecular formula is C9H12N2S. The largest absolute Gasteiger partial charge is 0.261 e. The fourth-order valence-electron chi connectivity index (χ4n) is 1.51. The number of nitrogens with zero attached hydrogens (tertiary/aromatic N) is 2. The Kier molecular flexibility index (Phi) is 2.61. The normalized spacial score (nSPS) is 19.3. The Hall–Kier alpha value is -0.570. The van der Waals surface area contributed by atoms with Crippen molar-refractivity contribution < 1.29 is 0 Å². The summed E-state index contributed by atoms with van der Waals surface area (Å²) in [5.74, 6) is 3.22. The van der Waals surface area contributed by atoms with E-state index in [1.165, 1.54) is 30.0 Å². The smallest absolute Gasteiger partial charge is 0.0618 e. The fourth-order valence-corrected chi connectivity index (χ4v) is 2.62. The minimum absolute atomic E-state index is 0.667. The van der Waals surface area contributed by atoms with Gasteiger partial charge >= 0.3 is 0 Å². The molecule has 1 saturated heterocycles. The van der Waals surface area contributed by atoms with Gasteiger partial charge in [-0.05, 0) is 24.3 Å². The first-order valence-corrected chi connectivity index (χ1v) is 5.46. The van der Waals surface area contributed by atoms with Gasteiger partial charge in [-0.15, -0.1) is 0 Å². The quantitative estimate of drug-likeness (QED) is 0.661. The predicted octanol–water partition coefficient (Wildman–Crippen LogP) is 2.09. The Balaban J connectivity index is 2.08. The molecule has 0 atom stereocenters. The average Bonchev–Trinajstić information content (AvgIpc) is 2.21. The maximum absolute atomic E-state index is 4.33. The molecule has 0 spiro atoms. The fraction of sp³-hybridized carbons (Fsp3) is 0.556. The van der Waals surface area contributed by atoms with E-state index >= 15 is 0 Å². The van der Waals surface area contributed by atoms with Crippen LogP contribution in [-0.2, 0) is 0 Å². The van der Waals surface area contributed by atoms with Crippen molar-refractivity contribution in [1.82, 2.24) is 9.97 Å². The minimum Gasteiger partial charge on any atom is -0.261 e. The molecule has 0 unspecified atom stereocenters. The summed E-state index contributed by atoms with van der Waals surface area (Å²) < 4.78 is 0. The molecule has 0 aliphatic carbocycles. The van der Waals surface area contributed by atoms with Crippen LogP contribution in [0, 0.1) is 0 Å². The summed E-state index contributed by atoms with van der Waals surface area (Å²) >= 11 is 2.05. The second kappa shape index (κ2) is 3.90. The van der Waals surface area contributed by atoms with Gasteiger partial charge in [0.2, 0.25) is 0 Å². The SMILES string of the molecule is c1cnc(C2CCSCC2)cn1. The maximum Gasteiger partial charge on any atom is 0.0618 e. The highest BCUT2D eigenvalue weighted by Crippen LogP contribution is 2.29. The van der Waals surface area contributed by atoms with Crippen molar-refractivity contribution in [1.29, 1.82) is 0 Å². The summed E-state index contributed by atoms with van der Waals surface area (Å²) in [5, 5.41) is 0. The molecular weight excluding hydrogens is 168 g/mol. The van der Waals surface area contributed by atoms with E-state index in [1.54, 1.807) is 12.4 Å². The second-order valence-electron chi connectivity index (χ2n) is 3.02. The lowest BCUT2D eigenvalue weighted by Crippen LogP contribution is -2.09. The molecule has 0 radical (unpaired) electrons. The Morgan fingerprint density at radius 2 is 2.08 bits per heavy atom. The molecule has 64 valence electrons. The van der Waals surface area contributed by atoms with E-state index in [0.717, 1.165) is 0 Å². The van der Waals surface area contributed by atoms with E-state index in [9.17, 15) is 0 Å². The molecule has 2 heterocycles. The highest BCUT2D eigenvalue weighted by molar-refractivity contribution is 7.99. The van der Waals surface area contributed by atoms with Crippen LogP contribution in [-0.4, -0.2) is 21.5 Å². The van der Waals surface area contributed by atoms with Crippen molar-refractivity contribution in [2.45, 2.75) is 18.8 Å². The van der Waals surface area contributed by atoms with Gasteiger partial charge in [-0.3, -0.25) is 9.97 Å². The summed E-state index contributed by atoms with van der Waals surface area (Å²) in [5.41, 5.74) is 1.18. The molecule has 0 bridgehead atoms. The van der Waals surface area contributed by atoms with Crippen molar-refractivity contribution in [2.75, 3.05) is 11.5 Å². The third-order valence-electron chi connectivity index (χ3n) is 2.22. The highest BCUT2D eigenvalue weighted by atomic mass is 32.2. The van der Waals surface area contributed by atoms with Crippen LogP contribution >= 0.6 is 11.8 Å². The third-order valence-corrected chi connectivity index (χ3v) is 3.27. The second-order valence-corrected chi connectivity index (χ2v) is 4.24. The van der Waals surface area contributed by atoms with Crippen LogP contribution in [0.2, 0.25) is 0 Å². The van der Waals surface area contributed by atoms with Crippen LogP contribution in [0.25, 0.3) is 0 Å². The van der Waals surface area contributed by atoms with Gasteiger partial charge in [0.1, 0.15) is 0 Å². The molecule has 0 saturated carbocycles. The molecule has 0 amide bonds. The standard InChI is InChI=1S/C9H12N2S/c1-5-12-6-2-8(1)9-7-10-3-4-11-9/h3-4,7-8H,1-2,5-6H2. The molecule has 2 rings (SSSR count). The Labute approximate surface area is 76.8 Å². The Bertz CT molecular complexity index is 232. The van der Waals surface area contributed by atoms with Crippen LogP contribution in [0.1, 0.15) is 24.5 Å². The summed E-state index contributed by atoms with van der Waals surface area (Å²) in [6.45, 7) is 0. The van der Waals surface area contributed by atoms with Gasteiger partial charge in [0.15, 0.2) is 0 Å². The van der Waals surface area contributed by atoms with Crippen LogP contribution in [0.5, 0.6) is 0 Å². The zero-order valence-electron chi connectivity index (χ0n) is 6.94. The van der Waals surface area contributed by atoms with Gasteiger partial charge in [-0.1, -0.05) is 0 Å². The highest BCUT2D eigenvalue weighted by Gasteiger charge is 2.16. The first-order valence-electron chi connectivity index (χ1n) is 4.30. The predicted molar refractivity (Wildman–Crippen MR) is 51.3 cm³/mol. The molecule has 1 aliphatic rings. The summed E-state index contributed by atoms with van der Waals surface area (Å²) in [7, 11) is 0. The Morgan fingerprint density at radius 3 is 2.75 bits per heavy atom. The molecule has 2 nitrogen and oxygen atoms in total. The number of rotatable bonds is 1. The van der Waals surface area contributed by atoms with Gasteiger partial charge in [-0.2, -0.15) is 11.8 Å². The van der Waals surface area contributed by atoms with Gasteiger partial charge in [0.25, 0.3) is 0 Å². The van der Waals surface area contributed by atoms with Crippen LogP contribution in [0.3, 0.4) is 0 Å². The van der Waals surface area contributed by atoms with Crippen LogP contribution in [0.15, 0.2) is 18.6 Å². The minimum atomic E-state index is 0.667. The first kappa shape index (κ1) is 8.05. The van der Waals surface area contributed by atoms with Gasteiger partial charge in [-0.25, -0.2) is 0 Å². The molecule has 1 aromatic heterocycles. The molecule has 1 fully saturated rings. The maximum atomic E-state index is 4.33. The lowest BCUT2D eigenvalue weighted by atomic mass is 9.99. The van der Waals surface area contributed by atoms with E-state index < -0.39 is 0 Å². The van der Waals surface area contributed by atoms with E-state index in [0.29, 0.717) is 5.92 Å². The van der Waals surface area contributed by atoms with Crippen LogP contribution < -0.4 is 0 Å². The molecule has 1 aliphatic heterocycles. The zero-order valence-corrected chi connectivity index (χ0v) is 7.76. The molecule has 0 N–H and O–H groups in total. The number of hydrogen-bond donors (Lipinski definition) is 0. The van der Waals surface area contributed by atoms with Crippen molar-refractivity contribution >= 4 is 11.8 Å². The monoisotopic (exact) mass is 180 g/mol. The van der Waals surface area contributed by atoms with Gasteiger partial charge < -0.3 is 0 Å². The molecule has 0 aromatic carbocycles. The van der Waals surface area contributed by atoms with E-state index in [2.05, 4.69) is 9.97 Å². The number of aromatic nitrogens is 2. The topological polar surface area (TPSA) is 25.8 Å². The van der Waals surface area contributed by atoms with Crippen LogP contribution in [0.4, 0.5) is 0 Å². The van der Waals surface area contributed by atoms with Crippen molar-refractivity contribution in [3.8, 4) is 0 Å². The lowest BCUT2D eigenvalue weighted by Gasteiger charge is -2.19. The molecule has 12 heavy (non-hydrogen) atoms. The van der Waals surface area contributed by atoms with E-state index in [1.807, 2.05) is 18.0 Å². The third kappa shape index (κ3) is 1.78. The molecule has 1 aromatic rings. The van der Waals surface area contributed by atoms with E-state index in [4.69, 9.17) is 0 Å². The zero-order chi connectivity index (χ0) is 8.23. The summed E-state index contributed by atoms with van der Waals surface area (Å²) in [4.78, 5) is 8.42. The molecule has 3 heteroatoms. The van der Waals surface area contributed by atoms with Crippen molar-refractivity contribution in [2.24, 2.45) is 0 Å². The van der Waals surface area contributed by atoms with Gasteiger partial charge in [0.05, 0.1) is 5.69 Å². The summed E-state index contributed by atoms with van der Waals surface area (Å²) in [6, 6.07) is 0. The lowest BCUT2D eigenvalue weighted by molar-refractivity contribution is 0.616. The average molecular weight is 180 g/mol.